The van der Waals surface area contributed by atoms with Crippen LogP contribution in [0.4, 0.5) is 5.69 Å². The Kier molecular flexibility index (Phi) is 5.48. The summed E-state index contributed by atoms with van der Waals surface area (Å²) in [5.41, 5.74) is 4.57. The zero-order chi connectivity index (χ0) is 21.4. The van der Waals surface area contributed by atoms with E-state index in [-0.39, 0.29) is 12.7 Å². The first-order chi connectivity index (χ1) is 15.1. The highest BCUT2D eigenvalue weighted by molar-refractivity contribution is 5.79. The molecular formula is C25H31N3O3. The smallest absolute Gasteiger partial charge is 0.231 e. The Morgan fingerprint density at radius 2 is 1.94 bits per heavy atom. The summed E-state index contributed by atoms with van der Waals surface area (Å²) in [5, 5.41) is 3.67. The van der Waals surface area contributed by atoms with Crippen molar-refractivity contribution in [2.24, 2.45) is 0 Å². The van der Waals surface area contributed by atoms with Crippen LogP contribution in [-0.4, -0.2) is 54.7 Å². The third-order valence-corrected chi connectivity index (χ3v) is 7.06. The fourth-order valence-corrected chi connectivity index (χ4v) is 5.19. The van der Waals surface area contributed by atoms with Gasteiger partial charge in [-0.05, 0) is 62.1 Å². The SMILES string of the molecule is Cc1cccc2c1NCCC1CCC(CN(C(=O)Cc3ccc4c(c3)OCO4)C2)N1C. The minimum absolute atomic E-state index is 0.155. The summed E-state index contributed by atoms with van der Waals surface area (Å²) in [4.78, 5) is 18.1. The lowest BCUT2D eigenvalue weighted by Crippen LogP contribution is -2.43. The van der Waals surface area contributed by atoms with E-state index in [9.17, 15) is 4.79 Å². The lowest BCUT2D eigenvalue weighted by Gasteiger charge is -2.31. The van der Waals surface area contributed by atoms with Crippen LogP contribution in [0, 0.1) is 6.92 Å². The number of fused-ring (bicyclic) bond motifs is 4. The van der Waals surface area contributed by atoms with Gasteiger partial charge in [0.05, 0.1) is 6.42 Å². The number of ether oxygens (including phenoxy) is 2. The lowest BCUT2D eigenvalue weighted by atomic mass is 10.0. The average molecular weight is 422 g/mol. The number of para-hydroxylation sites is 1. The minimum atomic E-state index is 0.155. The van der Waals surface area contributed by atoms with E-state index in [1.165, 1.54) is 23.2 Å². The highest BCUT2D eigenvalue weighted by Gasteiger charge is 2.33. The fraction of sp³-hybridized carbons (Fsp3) is 0.480. The summed E-state index contributed by atoms with van der Waals surface area (Å²) in [6.07, 6.45) is 3.85. The molecule has 5 rings (SSSR count). The zero-order valence-electron chi connectivity index (χ0n) is 18.4. The number of carbonyl (C=O) groups is 1. The van der Waals surface area contributed by atoms with Crippen LogP contribution in [0.5, 0.6) is 11.5 Å². The van der Waals surface area contributed by atoms with Gasteiger partial charge in [0.1, 0.15) is 0 Å². The van der Waals surface area contributed by atoms with Crippen molar-refractivity contribution >= 4 is 11.6 Å². The predicted octanol–water partition coefficient (Wildman–Crippen LogP) is 3.57. The van der Waals surface area contributed by atoms with Crippen molar-refractivity contribution in [3.8, 4) is 11.5 Å². The number of rotatable bonds is 2. The molecule has 1 N–H and O–H groups in total. The topological polar surface area (TPSA) is 54.0 Å². The Labute approximate surface area is 184 Å². The van der Waals surface area contributed by atoms with Crippen molar-refractivity contribution < 1.29 is 14.3 Å². The molecule has 6 nitrogen and oxygen atoms in total. The average Bonchev–Trinajstić information content (AvgIpc) is 3.34. The highest BCUT2D eigenvalue weighted by Crippen LogP contribution is 2.33. The van der Waals surface area contributed by atoms with Gasteiger partial charge in [-0.2, -0.15) is 0 Å². The van der Waals surface area contributed by atoms with Crippen molar-refractivity contribution in [2.45, 2.75) is 51.2 Å². The Balaban J connectivity index is 1.42. The molecule has 3 heterocycles. The van der Waals surface area contributed by atoms with Crippen LogP contribution in [0.15, 0.2) is 36.4 Å². The van der Waals surface area contributed by atoms with Gasteiger partial charge in [-0.25, -0.2) is 0 Å². The van der Waals surface area contributed by atoms with E-state index in [0.717, 1.165) is 43.0 Å². The van der Waals surface area contributed by atoms with Crippen LogP contribution in [0.1, 0.15) is 36.0 Å². The second-order valence-corrected chi connectivity index (χ2v) is 9.01. The first-order valence-electron chi connectivity index (χ1n) is 11.3. The highest BCUT2D eigenvalue weighted by atomic mass is 16.7. The molecule has 2 aromatic rings. The van der Waals surface area contributed by atoms with Crippen molar-refractivity contribution in [2.75, 3.05) is 32.2 Å². The Hall–Kier alpha value is -2.73. The molecule has 1 amide bonds. The van der Waals surface area contributed by atoms with E-state index in [0.29, 0.717) is 25.0 Å². The number of hydrogen-bond donors (Lipinski definition) is 1. The summed E-state index contributed by atoms with van der Waals surface area (Å²) in [6.45, 7) is 4.75. The van der Waals surface area contributed by atoms with E-state index >= 15 is 0 Å². The minimum Gasteiger partial charge on any atom is -0.454 e. The number of anilines is 1. The van der Waals surface area contributed by atoms with Crippen molar-refractivity contribution in [1.29, 1.82) is 0 Å². The first-order valence-corrected chi connectivity index (χ1v) is 11.3. The van der Waals surface area contributed by atoms with Crippen LogP contribution < -0.4 is 14.8 Å². The molecular weight excluding hydrogens is 390 g/mol. The largest absolute Gasteiger partial charge is 0.454 e. The third kappa shape index (κ3) is 4.09. The standard InChI is InChI=1S/C25H31N3O3/c1-17-4-3-5-19-14-28(15-21-8-7-20(27(21)2)10-11-26-25(17)19)24(29)13-18-6-9-22-23(12-18)31-16-30-22/h3-6,9,12,20-21,26H,7-8,10-11,13-16H2,1-2H3. The van der Waals surface area contributed by atoms with Gasteiger partial charge in [0.15, 0.2) is 11.5 Å². The van der Waals surface area contributed by atoms with Crippen molar-refractivity contribution in [3.63, 3.8) is 0 Å². The summed E-state index contributed by atoms with van der Waals surface area (Å²) < 4.78 is 10.9. The van der Waals surface area contributed by atoms with Gasteiger partial charge in [0.2, 0.25) is 12.7 Å². The second kappa shape index (κ2) is 8.42. The number of nitrogens with zero attached hydrogens (tertiary/aromatic N) is 2. The molecule has 0 radical (unpaired) electrons. The molecule has 164 valence electrons. The van der Waals surface area contributed by atoms with Crippen LogP contribution in [0.25, 0.3) is 0 Å². The molecule has 1 fully saturated rings. The van der Waals surface area contributed by atoms with Crippen LogP contribution in [0.2, 0.25) is 0 Å². The molecule has 0 saturated carbocycles. The Morgan fingerprint density at radius 3 is 2.84 bits per heavy atom. The molecule has 0 spiro atoms. The van der Waals surface area contributed by atoms with Crippen molar-refractivity contribution in [1.82, 2.24) is 9.80 Å². The summed E-state index contributed by atoms with van der Waals surface area (Å²) in [6, 6.07) is 13.2. The molecule has 3 aliphatic rings. The molecule has 2 atom stereocenters. The number of hydrogen-bond acceptors (Lipinski definition) is 5. The predicted molar refractivity (Wildman–Crippen MR) is 121 cm³/mol. The second-order valence-electron chi connectivity index (χ2n) is 9.01. The maximum Gasteiger partial charge on any atom is 0.231 e. The van der Waals surface area contributed by atoms with Gasteiger partial charge in [-0.1, -0.05) is 24.3 Å². The summed E-state index contributed by atoms with van der Waals surface area (Å²) in [7, 11) is 2.22. The molecule has 1 saturated heterocycles. The molecule has 0 aliphatic carbocycles. The number of likely N-dealkylation sites (N-methyl/N-ethyl adjacent to an activating group) is 1. The molecule has 0 aromatic heterocycles. The molecule has 31 heavy (non-hydrogen) atoms. The fourth-order valence-electron chi connectivity index (χ4n) is 5.19. The maximum absolute atomic E-state index is 13.5. The number of amides is 1. The normalized spacial score (nSPS) is 23.1. The van der Waals surface area contributed by atoms with Gasteiger partial charge in [-0.3, -0.25) is 9.69 Å². The van der Waals surface area contributed by atoms with E-state index < -0.39 is 0 Å². The van der Waals surface area contributed by atoms with Gasteiger partial charge in [-0.15, -0.1) is 0 Å². The maximum atomic E-state index is 13.5. The quantitative estimate of drug-likeness (QED) is 0.803. The monoisotopic (exact) mass is 421 g/mol. The molecule has 6 heteroatoms. The van der Waals surface area contributed by atoms with Gasteiger partial charge < -0.3 is 19.7 Å². The van der Waals surface area contributed by atoms with Gasteiger partial charge in [0, 0.05) is 37.4 Å². The van der Waals surface area contributed by atoms with Crippen LogP contribution in [0.3, 0.4) is 0 Å². The molecule has 2 aromatic carbocycles. The van der Waals surface area contributed by atoms with E-state index in [1.54, 1.807) is 0 Å². The Morgan fingerprint density at radius 1 is 1.10 bits per heavy atom. The van der Waals surface area contributed by atoms with Gasteiger partial charge >= 0.3 is 0 Å². The molecule has 2 bridgehead atoms. The van der Waals surface area contributed by atoms with Crippen molar-refractivity contribution in [3.05, 3.63) is 53.1 Å². The van der Waals surface area contributed by atoms with E-state index in [2.05, 4.69) is 47.3 Å². The zero-order valence-corrected chi connectivity index (χ0v) is 18.4. The summed E-state index contributed by atoms with van der Waals surface area (Å²) >= 11 is 0. The van der Waals surface area contributed by atoms with E-state index in [4.69, 9.17) is 9.47 Å². The lowest BCUT2D eigenvalue weighted by molar-refractivity contribution is -0.131. The number of benzene rings is 2. The third-order valence-electron chi connectivity index (χ3n) is 7.06. The number of nitrogens with one attached hydrogen (secondary N) is 1. The molecule has 3 aliphatic heterocycles. The van der Waals surface area contributed by atoms with E-state index in [1.807, 2.05) is 18.2 Å². The van der Waals surface area contributed by atoms with Crippen LogP contribution >= 0.6 is 0 Å². The summed E-state index contributed by atoms with van der Waals surface area (Å²) in [5.74, 6) is 1.63. The first kappa shape index (κ1) is 20.2. The number of aryl methyl sites for hydroxylation is 1. The Bertz CT molecular complexity index is 976. The van der Waals surface area contributed by atoms with Gasteiger partial charge in [0.25, 0.3) is 0 Å². The number of carbonyl (C=O) groups excluding carboxylic acids is 1. The van der Waals surface area contributed by atoms with Crippen LogP contribution in [-0.2, 0) is 17.8 Å². The molecule has 2 unspecified atom stereocenters.